The smallest absolute Gasteiger partial charge is 0.381 e. The first kappa shape index (κ1) is 16.6. The molecule has 0 aliphatic rings. The Kier molecular flexibility index (Phi) is 4.74. The van der Waals surface area contributed by atoms with Crippen molar-refractivity contribution in [2.75, 3.05) is 24.2 Å². The van der Waals surface area contributed by atoms with Crippen LogP contribution in [0.3, 0.4) is 0 Å². The number of nitrogens with two attached hydrogens (primary N) is 1. The van der Waals surface area contributed by atoms with Crippen LogP contribution >= 0.6 is 0 Å². The molecule has 2 aromatic rings. The maximum absolute atomic E-state index is 12.5. The normalized spacial score (nSPS) is 11.3. The van der Waals surface area contributed by atoms with Crippen LogP contribution < -0.4 is 10.6 Å². The third-order valence-corrected chi connectivity index (χ3v) is 3.37. The molecule has 3 N–H and O–H groups in total. The molecule has 0 fully saturated rings. The van der Waals surface area contributed by atoms with Gasteiger partial charge in [-0.15, -0.1) is 0 Å². The van der Waals surface area contributed by atoms with Crippen molar-refractivity contribution in [3.8, 4) is 6.07 Å². The molecule has 122 valence electrons. The second-order valence-corrected chi connectivity index (χ2v) is 5.00. The number of hydrogen-bond acceptors (Lipinski definition) is 5. The molecule has 0 aliphatic heterocycles. The van der Waals surface area contributed by atoms with E-state index in [2.05, 4.69) is 15.2 Å². The van der Waals surface area contributed by atoms with Gasteiger partial charge in [0.05, 0.1) is 11.3 Å². The number of hydrogen-bond donors (Lipinski definition) is 2. The van der Waals surface area contributed by atoms with Gasteiger partial charge in [-0.3, -0.25) is 5.10 Å². The third-order valence-electron chi connectivity index (χ3n) is 3.37. The van der Waals surface area contributed by atoms with Gasteiger partial charge in [0.15, 0.2) is 5.82 Å². The number of aryl methyl sites for hydroxylation is 1. The van der Waals surface area contributed by atoms with Gasteiger partial charge in [0.25, 0.3) is 0 Å². The number of anilines is 2. The molecule has 0 atom stereocenters. The van der Waals surface area contributed by atoms with Crippen molar-refractivity contribution >= 4 is 11.6 Å². The SMILES string of the molecule is CN(CCCc1[nH]nc(N)c1C#N)c1ccc(C(F)(F)F)cn1. The molecule has 0 radical (unpaired) electrons. The van der Waals surface area contributed by atoms with E-state index in [-0.39, 0.29) is 5.82 Å². The molecule has 6 nitrogen and oxygen atoms in total. The Morgan fingerprint density at radius 3 is 2.70 bits per heavy atom. The molecular weight excluding hydrogens is 309 g/mol. The van der Waals surface area contributed by atoms with Crippen molar-refractivity contribution in [2.45, 2.75) is 19.0 Å². The topological polar surface area (TPSA) is 94.6 Å². The fraction of sp³-hybridized carbons (Fsp3) is 0.357. The van der Waals surface area contributed by atoms with E-state index in [1.165, 1.54) is 6.07 Å². The lowest BCUT2D eigenvalue weighted by Crippen LogP contribution is -2.20. The first-order valence-corrected chi connectivity index (χ1v) is 6.80. The summed E-state index contributed by atoms with van der Waals surface area (Å²) >= 11 is 0. The van der Waals surface area contributed by atoms with E-state index in [4.69, 9.17) is 11.0 Å². The molecule has 2 rings (SSSR count). The van der Waals surface area contributed by atoms with Crippen LogP contribution in [0.25, 0.3) is 0 Å². The Morgan fingerprint density at radius 1 is 1.39 bits per heavy atom. The monoisotopic (exact) mass is 324 g/mol. The molecule has 9 heteroatoms. The lowest BCUT2D eigenvalue weighted by atomic mass is 10.1. The summed E-state index contributed by atoms with van der Waals surface area (Å²) in [5.74, 6) is 0.614. The quantitative estimate of drug-likeness (QED) is 0.880. The largest absolute Gasteiger partial charge is 0.417 e. The Labute approximate surface area is 130 Å². The lowest BCUT2D eigenvalue weighted by molar-refractivity contribution is -0.137. The third kappa shape index (κ3) is 3.91. The number of nitrogens with zero attached hydrogens (tertiary/aromatic N) is 4. The number of nitriles is 1. The Morgan fingerprint density at radius 2 is 2.13 bits per heavy atom. The van der Waals surface area contributed by atoms with Crippen molar-refractivity contribution < 1.29 is 13.2 Å². The highest BCUT2D eigenvalue weighted by atomic mass is 19.4. The fourth-order valence-electron chi connectivity index (χ4n) is 2.09. The van der Waals surface area contributed by atoms with Crippen molar-refractivity contribution in [1.82, 2.24) is 15.2 Å². The minimum absolute atomic E-state index is 0.167. The fourth-order valence-corrected chi connectivity index (χ4v) is 2.09. The first-order chi connectivity index (χ1) is 10.8. The molecule has 0 bridgehead atoms. The van der Waals surface area contributed by atoms with Crippen molar-refractivity contribution in [3.63, 3.8) is 0 Å². The number of halogens is 3. The molecule has 2 aromatic heterocycles. The van der Waals surface area contributed by atoms with Crippen LogP contribution in [0.4, 0.5) is 24.8 Å². The van der Waals surface area contributed by atoms with Gasteiger partial charge in [0.1, 0.15) is 17.5 Å². The Bertz CT molecular complexity index is 699. The number of pyridine rings is 1. The van der Waals surface area contributed by atoms with Crippen LogP contribution in [0, 0.1) is 11.3 Å². The summed E-state index contributed by atoms with van der Waals surface area (Å²) in [7, 11) is 1.74. The number of nitrogens with one attached hydrogen (secondary N) is 1. The second kappa shape index (κ2) is 6.56. The number of aromatic amines is 1. The summed E-state index contributed by atoms with van der Waals surface area (Å²) in [6, 6.07) is 4.32. The molecule has 0 saturated carbocycles. The van der Waals surface area contributed by atoms with Gasteiger partial charge in [-0.1, -0.05) is 0 Å². The van der Waals surface area contributed by atoms with E-state index in [1.54, 1.807) is 11.9 Å². The van der Waals surface area contributed by atoms with Crippen LogP contribution in [0.1, 0.15) is 23.2 Å². The molecule has 0 spiro atoms. The number of aromatic nitrogens is 3. The van der Waals surface area contributed by atoms with Gasteiger partial charge in [0.2, 0.25) is 0 Å². The molecule has 0 unspecified atom stereocenters. The van der Waals surface area contributed by atoms with Crippen molar-refractivity contribution in [1.29, 1.82) is 5.26 Å². The number of alkyl halides is 3. The second-order valence-electron chi connectivity index (χ2n) is 5.00. The molecular formula is C14H15F3N6. The van der Waals surface area contributed by atoms with Crippen LogP contribution in [-0.4, -0.2) is 28.8 Å². The van der Waals surface area contributed by atoms with Gasteiger partial charge in [0, 0.05) is 19.8 Å². The summed E-state index contributed by atoms with van der Waals surface area (Å²) in [4.78, 5) is 5.56. The first-order valence-electron chi connectivity index (χ1n) is 6.80. The van der Waals surface area contributed by atoms with E-state index in [1.807, 2.05) is 6.07 Å². The highest BCUT2D eigenvalue weighted by molar-refractivity contribution is 5.50. The predicted molar refractivity (Wildman–Crippen MR) is 78.5 cm³/mol. The maximum atomic E-state index is 12.5. The van der Waals surface area contributed by atoms with Gasteiger partial charge in [-0.05, 0) is 25.0 Å². The molecule has 23 heavy (non-hydrogen) atoms. The number of rotatable bonds is 5. The van der Waals surface area contributed by atoms with Crippen molar-refractivity contribution in [2.24, 2.45) is 0 Å². The summed E-state index contributed by atoms with van der Waals surface area (Å²) < 4.78 is 37.5. The Hall–Kier alpha value is -2.76. The van der Waals surface area contributed by atoms with Crippen LogP contribution in [0.2, 0.25) is 0 Å². The van der Waals surface area contributed by atoms with Gasteiger partial charge in [-0.25, -0.2) is 4.98 Å². The Balaban J connectivity index is 1.92. The van der Waals surface area contributed by atoms with E-state index in [0.29, 0.717) is 36.5 Å². The van der Waals surface area contributed by atoms with E-state index in [0.717, 1.165) is 12.3 Å². The van der Waals surface area contributed by atoms with Crippen LogP contribution in [-0.2, 0) is 12.6 Å². The van der Waals surface area contributed by atoms with Gasteiger partial charge >= 0.3 is 6.18 Å². The van der Waals surface area contributed by atoms with E-state index in [9.17, 15) is 13.2 Å². The average Bonchev–Trinajstić information content (AvgIpc) is 2.86. The zero-order valence-corrected chi connectivity index (χ0v) is 12.4. The van der Waals surface area contributed by atoms with Gasteiger partial charge in [-0.2, -0.15) is 23.5 Å². The summed E-state index contributed by atoms with van der Waals surface area (Å²) in [5.41, 5.74) is 5.76. The highest BCUT2D eigenvalue weighted by Crippen LogP contribution is 2.29. The molecule has 0 saturated heterocycles. The number of nitrogen functional groups attached to an aromatic ring is 1. The average molecular weight is 324 g/mol. The van der Waals surface area contributed by atoms with E-state index < -0.39 is 11.7 Å². The standard InChI is InChI=1S/C14H15F3N6/c1-23(12-5-4-9(8-20-12)14(15,16)17)6-2-3-11-10(7-18)13(19)22-21-11/h4-5,8H,2-3,6H2,1H3,(H3,19,21,22). The molecule has 0 aliphatic carbocycles. The minimum atomic E-state index is -4.39. The summed E-state index contributed by atoms with van der Waals surface area (Å²) in [6.45, 7) is 0.558. The lowest BCUT2D eigenvalue weighted by Gasteiger charge is -2.18. The number of H-pyrrole nitrogens is 1. The highest BCUT2D eigenvalue weighted by Gasteiger charge is 2.30. The van der Waals surface area contributed by atoms with E-state index >= 15 is 0 Å². The molecule has 2 heterocycles. The predicted octanol–water partition coefficient (Wildman–Crippen LogP) is 2.35. The van der Waals surface area contributed by atoms with Crippen molar-refractivity contribution in [3.05, 3.63) is 35.2 Å². The minimum Gasteiger partial charge on any atom is -0.381 e. The zero-order chi connectivity index (χ0) is 17.0. The zero-order valence-electron chi connectivity index (χ0n) is 12.4. The summed E-state index contributed by atoms with van der Waals surface area (Å²) in [6.07, 6.45) is -2.36. The maximum Gasteiger partial charge on any atom is 0.417 e. The molecule has 0 amide bonds. The summed E-state index contributed by atoms with van der Waals surface area (Å²) in [5, 5.41) is 15.4. The molecule has 0 aromatic carbocycles. The van der Waals surface area contributed by atoms with Crippen LogP contribution in [0.15, 0.2) is 18.3 Å². The van der Waals surface area contributed by atoms with Gasteiger partial charge < -0.3 is 10.6 Å². The van der Waals surface area contributed by atoms with Crippen LogP contribution in [0.5, 0.6) is 0 Å².